The molecule has 0 saturated carbocycles. The number of ether oxygens (including phenoxy) is 2. The summed E-state index contributed by atoms with van der Waals surface area (Å²) in [6, 6.07) is 11.8. The van der Waals surface area contributed by atoms with Crippen LogP contribution in [-0.4, -0.2) is 44.5 Å². The van der Waals surface area contributed by atoms with E-state index in [1.807, 2.05) is 13.8 Å². The summed E-state index contributed by atoms with van der Waals surface area (Å²) in [7, 11) is 1.57. The van der Waals surface area contributed by atoms with Gasteiger partial charge in [-0.25, -0.2) is 0 Å². The zero-order valence-corrected chi connectivity index (χ0v) is 17.4. The molecule has 0 saturated heterocycles. The molecule has 8 heteroatoms. The van der Waals surface area contributed by atoms with Crippen LogP contribution in [0.2, 0.25) is 0 Å². The minimum Gasteiger partial charge on any atom is -0.490 e. The lowest BCUT2D eigenvalue weighted by Gasteiger charge is -2.12. The molecule has 2 aromatic carbocycles. The third-order valence-electron chi connectivity index (χ3n) is 4.15. The lowest BCUT2D eigenvalue weighted by atomic mass is 10.1. The first-order chi connectivity index (χ1) is 14.5. The van der Waals surface area contributed by atoms with E-state index in [9.17, 15) is 14.4 Å². The molecule has 8 nitrogen and oxygen atoms in total. The Labute approximate surface area is 175 Å². The predicted molar refractivity (Wildman–Crippen MR) is 113 cm³/mol. The molecule has 0 fully saturated rings. The maximum Gasteiger partial charge on any atom is 0.251 e. The van der Waals surface area contributed by atoms with Crippen LogP contribution in [0.4, 0.5) is 0 Å². The van der Waals surface area contributed by atoms with E-state index in [0.29, 0.717) is 42.4 Å². The van der Waals surface area contributed by atoms with Gasteiger partial charge in [0.2, 0.25) is 5.91 Å². The van der Waals surface area contributed by atoms with Crippen molar-refractivity contribution >= 4 is 17.7 Å². The second-order valence-corrected chi connectivity index (χ2v) is 6.26. The summed E-state index contributed by atoms with van der Waals surface area (Å²) in [6.45, 7) is 4.77. The van der Waals surface area contributed by atoms with Gasteiger partial charge in [-0.2, -0.15) is 0 Å². The Morgan fingerprint density at radius 1 is 0.800 bits per heavy atom. The Hall–Kier alpha value is -3.55. The van der Waals surface area contributed by atoms with Crippen LogP contribution in [0, 0.1) is 0 Å². The van der Waals surface area contributed by atoms with Crippen LogP contribution in [0.15, 0.2) is 42.5 Å². The van der Waals surface area contributed by atoms with E-state index in [-0.39, 0.29) is 24.3 Å². The summed E-state index contributed by atoms with van der Waals surface area (Å²) in [5.41, 5.74) is 1.76. The van der Waals surface area contributed by atoms with Crippen molar-refractivity contribution in [3.05, 3.63) is 59.2 Å². The summed E-state index contributed by atoms with van der Waals surface area (Å²) >= 11 is 0. The molecule has 0 spiro atoms. The van der Waals surface area contributed by atoms with Gasteiger partial charge >= 0.3 is 0 Å². The third kappa shape index (κ3) is 6.51. The molecule has 0 aliphatic carbocycles. The maximum absolute atomic E-state index is 12.4. The average molecular weight is 413 g/mol. The first-order valence-electron chi connectivity index (χ1n) is 9.74. The first kappa shape index (κ1) is 22.7. The van der Waals surface area contributed by atoms with Gasteiger partial charge in [-0.05, 0) is 49.7 Å². The lowest BCUT2D eigenvalue weighted by molar-refractivity contribution is -0.120. The number of hydrogen-bond acceptors (Lipinski definition) is 5. The molecule has 0 heterocycles. The highest BCUT2D eigenvalue weighted by atomic mass is 16.5. The van der Waals surface area contributed by atoms with Crippen LogP contribution >= 0.6 is 0 Å². The molecule has 0 bridgehead atoms. The van der Waals surface area contributed by atoms with Crippen molar-refractivity contribution in [2.24, 2.45) is 0 Å². The van der Waals surface area contributed by atoms with Crippen molar-refractivity contribution in [3.8, 4) is 11.5 Å². The van der Waals surface area contributed by atoms with Gasteiger partial charge in [-0.1, -0.05) is 12.1 Å². The van der Waals surface area contributed by atoms with Crippen LogP contribution in [0.5, 0.6) is 11.5 Å². The summed E-state index contributed by atoms with van der Waals surface area (Å²) in [5.74, 6) is 0.168. The van der Waals surface area contributed by atoms with Gasteiger partial charge in [0.05, 0.1) is 19.8 Å². The molecule has 3 amide bonds. The van der Waals surface area contributed by atoms with Gasteiger partial charge in [0, 0.05) is 24.7 Å². The normalized spacial score (nSPS) is 10.1. The topological polar surface area (TPSA) is 106 Å². The van der Waals surface area contributed by atoms with E-state index in [4.69, 9.17) is 9.47 Å². The van der Waals surface area contributed by atoms with E-state index in [1.165, 1.54) is 0 Å². The van der Waals surface area contributed by atoms with Crippen molar-refractivity contribution in [2.45, 2.75) is 20.4 Å². The molecule has 0 radical (unpaired) electrons. The zero-order chi connectivity index (χ0) is 21.9. The quantitative estimate of drug-likeness (QED) is 0.552. The standard InChI is InChI=1S/C22H27N3O5/c1-4-29-18-11-10-17(12-19(18)30-5-2)22(28)25-14-20(26)24-13-15-6-8-16(9-7-15)21(27)23-3/h6-12H,4-5,13-14H2,1-3H3,(H,23,27)(H,24,26)(H,25,28). The van der Waals surface area contributed by atoms with Gasteiger partial charge in [0.15, 0.2) is 11.5 Å². The fraction of sp³-hybridized carbons (Fsp3) is 0.318. The zero-order valence-electron chi connectivity index (χ0n) is 17.4. The number of rotatable bonds is 10. The fourth-order valence-electron chi connectivity index (χ4n) is 2.64. The SMILES string of the molecule is CCOc1ccc(C(=O)NCC(=O)NCc2ccc(C(=O)NC)cc2)cc1OCC. The molecule has 0 unspecified atom stereocenters. The summed E-state index contributed by atoms with van der Waals surface area (Å²) in [4.78, 5) is 35.9. The van der Waals surface area contributed by atoms with Crippen LogP contribution < -0.4 is 25.4 Å². The Morgan fingerprint density at radius 2 is 1.43 bits per heavy atom. The largest absolute Gasteiger partial charge is 0.490 e. The van der Waals surface area contributed by atoms with Gasteiger partial charge < -0.3 is 25.4 Å². The minimum absolute atomic E-state index is 0.160. The van der Waals surface area contributed by atoms with E-state index >= 15 is 0 Å². The number of benzene rings is 2. The second kappa shape index (κ2) is 11.5. The highest BCUT2D eigenvalue weighted by molar-refractivity contribution is 5.97. The van der Waals surface area contributed by atoms with Crippen LogP contribution in [0.1, 0.15) is 40.1 Å². The van der Waals surface area contributed by atoms with Crippen LogP contribution in [0.3, 0.4) is 0 Å². The summed E-state index contributed by atoms with van der Waals surface area (Å²) < 4.78 is 11.0. The summed E-state index contributed by atoms with van der Waals surface area (Å²) in [5, 5.41) is 7.86. The predicted octanol–water partition coefficient (Wildman–Crippen LogP) is 1.89. The van der Waals surface area contributed by atoms with E-state index in [2.05, 4.69) is 16.0 Å². The number of hydrogen-bond donors (Lipinski definition) is 3. The Kier molecular flexibility index (Phi) is 8.68. The van der Waals surface area contributed by atoms with Crippen molar-refractivity contribution in [3.63, 3.8) is 0 Å². The Bertz CT molecular complexity index is 881. The average Bonchev–Trinajstić information content (AvgIpc) is 2.77. The van der Waals surface area contributed by atoms with Crippen molar-refractivity contribution in [1.82, 2.24) is 16.0 Å². The van der Waals surface area contributed by atoms with Crippen molar-refractivity contribution in [1.29, 1.82) is 0 Å². The monoisotopic (exact) mass is 413 g/mol. The number of carbonyl (C=O) groups is 3. The fourth-order valence-corrected chi connectivity index (χ4v) is 2.64. The molecule has 0 aromatic heterocycles. The number of nitrogens with one attached hydrogen (secondary N) is 3. The van der Waals surface area contributed by atoms with E-state index in [0.717, 1.165) is 5.56 Å². The second-order valence-electron chi connectivity index (χ2n) is 6.26. The molecule has 2 rings (SSSR count). The van der Waals surface area contributed by atoms with Gasteiger partial charge in [0.25, 0.3) is 11.8 Å². The highest BCUT2D eigenvalue weighted by Crippen LogP contribution is 2.28. The molecule has 0 atom stereocenters. The number of carbonyl (C=O) groups excluding carboxylic acids is 3. The molecule has 0 aliphatic rings. The smallest absolute Gasteiger partial charge is 0.251 e. The molecule has 30 heavy (non-hydrogen) atoms. The molecule has 2 aromatic rings. The van der Waals surface area contributed by atoms with Crippen LogP contribution in [0.25, 0.3) is 0 Å². The third-order valence-corrected chi connectivity index (χ3v) is 4.15. The van der Waals surface area contributed by atoms with Gasteiger partial charge in [-0.15, -0.1) is 0 Å². The van der Waals surface area contributed by atoms with E-state index < -0.39 is 0 Å². The van der Waals surface area contributed by atoms with E-state index in [1.54, 1.807) is 49.5 Å². The molecule has 3 N–H and O–H groups in total. The molecule has 0 aliphatic heterocycles. The van der Waals surface area contributed by atoms with Gasteiger partial charge in [0.1, 0.15) is 0 Å². The molecular weight excluding hydrogens is 386 g/mol. The Morgan fingerprint density at radius 3 is 2.07 bits per heavy atom. The summed E-state index contributed by atoms with van der Waals surface area (Å²) in [6.07, 6.45) is 0. The maximum atomic E-state index is 12.4. The first-order valence-corrected chi connectivity index (χ1v) is 9.74. The molecule has 160 valence electrons. The molecular formula is C22H27N3O5. The Balaban J connectivity index is 1.86. The highest BCUT2D eigenvalue weighted by Gasteiger charge is 2.13. The number of amides is 3. The lowest BCUT2D eigenvalue weighted by Crippen LogP contribution is -2.36. The van der Waals surface area contributed by atoms with Crippen molar-refractivity contribution < 1.29 is 23.9 Å². The van der Waals surface area contributed by atoms with Crippen molar-refractivity contribution in [2.75, 3.05) is 26.8 Å². The minimum atomic E-state index is -0.385. The van der Waals surface area contributed by atoms with Gasteiger partial charge in [-0.3, -0.25) is 14.4 Å². The van der Waals surface area contributed by atoms with Crippen LogP contribution in [-0.2, 0) is 11.3 Å².